The number of nitrogens with zero attached hydrogens (tertiary/aromatic N) is 2. The number of rotatable bonds is 30. The average molecular weight is 523 g/mol. The van der Waals surface area contributed by atoms with Gasteiger partial charge in [0, 0.05) is 13.1 Å². The summed E-state index contributed by atoms with van der Waals surface area (Å²) in [7, 11) is 4.39. The van der Waals surface area contributed by atoms with E-state index in [9.17, 15) is 0 Å². The SMILES string of the molecule is CCCCCCCCC(CCCCCC)CN(CCCCCCCCCN(C)C)CC(CC)CCCC. The van der Waals surface area contributed by atoms with Crippen molar-refractivity contribution in [2.75, 3.05) is 40.3 Å². The number of unbranched alkanes of at least 4 members (excludes halogenated alkanes) is 15. The van der Waals surface area contributed by atoms with Crippen LogP contribution in [0, 0.1) is 11.8 Å². The first-order chi connectivity index (χ1) is 18.1. The molecule has 224 valence electrons. The lowest BCUT2D eigenvalue weighted by Crippen LogP contribution is -2.35. The summed E-state index contributed by atoms with van der Waals surface area (Å²) >= 11 is 0. The van der Waals surface area contributed by atoms with Crippen LogP contribution in [0.1, 0.15) is 175 Å². The van der Waals surface area contributed by atoms with Crippen molar-refractivity contribution in [3.05, 3.63) is 0 Å². The molecule has 0 aromatic carbocycles. The van der Waals surface area contributed by atoms with E-state index in [1.54, 1.807) is 0 Å². The van der Waals surface area contributed by atoms with Crippen LogP contribution in [0.15, 0.2) is 0 Å². The molecule has 0 radical (unpaired) electrons. The monoisotopic (exact) mass is 523 g/mol. The quantitative estimate of drug-likeness (QED) is 0.0865. The normalized spacial score (nSPS) is 13.6. The lowest BCUT2D eigenvalue weighted by Gasteiger charge is -2.31. The standard InChI is InChI=1S/C35H74N2/c1-7-11-14-16-20-24-29-35(28-23-15-12-8-2)33-37(32-34(10-4)27-13-9-3)31-26-22-19-17-18-21-25-30-36(5)6/h34-35H,7-33H2,1-6H3. The Morgan fingerprint density at radius 1 is 0.405 bits per heavy atom. The van der Waals surface area contributed by atoms with E-state index < -0.39 is 0 Å². The summed E-state index contributed by atoms with van der Waals surface area (Å²) in [5, 5.41) is 0. The topological polar surface area (TPSA) is 6.48 Å². The maximum atomic E-state index is 2.95. The number of hydrogen-bond donors (Lipinski definition) is 0. The lowest BCUT2D eigenvalue weighted by molar-refractivity contribution is 0.174. The molecule has 0 saturated heterocycles. The van der Waals surface area contributed by atoms with Gasteiger partial charge in [-0.2, -0.15) is 0 Å². The van der Waals surface area contributed by atoms with Crippen LogP contribution in [-0.2, 0) is 0 Å². The van der Waals surface area contributed by atoms with Gasteiger partial charge in [-0.1, -0.05) is 143 Å². The van der Waals surface area contributed by atoms with Crippen LogP contribution >= 0.6 is 0 Å². The van der Waals surface area contributed by atoms with Crippen molar-refractivity contribution in [2.24, 2.45) is 11.8 Å². The molecule has 0 heterocycles. The molecular formula is C35H74N2. The Bertz CT molecular complexity index is 421. The molecule has 0 aliphatic carbocycles. The minimum Gasteiger partial charge on any atom is -0.309 e. The minimum absolute atomic E-state index is 0.909. The molecule has 0 amide bonds. The molecule has 0 N–H and O–H groups in total. The second kappa shape index (κ2) is 28.9. The highest BCUT2D eigenvalue weighted by molar-refractivity contribution is 4.71. The molecule has 2 nitrogen and oxygen atoms in total. The van der Waals surface area contributed by atoms with Gasteiger partial charge >= 0.3 is 0 Å². The molecular weight excluding hydrogens is 448 g/mol. The highest BCUT2D eigenvalue weighted by atomic mass is 15.1. The van der Waals surface area contributed by atoms with Crippen molar-refractivity contribution in [1.82, 2.24) is 9.80 Å². The van der Waals surface area contributed by atoms with Crippen LogP contribution in [-0.4, -0.2) is 50.1 Å². The predicted octanol–water partition coefficient (Wildman–Crippen LogP) is 11.1. The fourth-order valence-electron chi connectivity index (χ4n) is 5.95. The molecule has 2 atom stereocenters. The molecule has 2 heteroatoms. The van der Waals surface area contributed by atoms with Gasteiger partial charge < -0.3 is 9.80 Å². The number of hydrogen-bond acceptors (Lipinski definition) is 2. The Hall–Kier alpha value is -0.0800. The molecule has 0 aromatic heterocycles. The van der Waals surface area contributed by atoms with Crippen LogP contribution in [0.2, 0.25) is 0 Å². The van der Waals surface area contributed by atoms with Crippen LogP contribution in [0.3, 0.4) is 0 Å². The van der Waals surface area contributed by atoms with E-state index in [-0.39, 0.29) is 0 Å². The zero-order chi connectivity index (χ0) is 27.4. The summed E-state index contributed by atoms with van der Waals surface area (Å²) in [5.41, 5.74) is 0. The third-order valence-corrected chi connectivity index (χ3v) is 8.59. The first-order valence-corrected chi connectivity index (χ1v) is 17.4. The summed E-state index contributed by atoms with van der Waals surface area (Å²) in [6.07, 6.45) is 32.8. The summed E-state index contributed by atoms with van der Waals surface area (Å²) in [5.74, 6) is 1.84. The lowest BCUT2D eigenvalue weighted by atomic mass is 9.92. The third-order valence-electron chi connectivity index (χ3n) is 8.59. The molecule has 0 saturated carbocycles. The molecule has 0 aliphatic rings. The van der Waals surface area contributed by atoms with Gasteiger partial charge in [-0.15, -0.1) is 0 Å². The van der Waals surface area contributed by atoms with E-state index in [0.29, 0.717) is 0 Å². The van der Waals surface area contributed by atoms with Gasteiger partial charge in [0.15, 0.2) is 0 Å². The van der Waals surface area contributed by atoms with Crippen LogP contribution in [0.4, 0.5) is 0 Å². The largest absolute Gasteiger partial charge is 0.309 e. The van der Waals surface area contributed by atoms with Crippen molar-refractivity contribution in [3.8, 4) is 0 Å². The van der Waals surface area contributed by atoms with Gasteiger partial charge in [-0.05, 0) is 71.1 Å². The second-order valence-corrected chi connectivity index (χ2v) is 12.7. The molecule has 0 fully saturated rings. The average Bonchev–Trinajstić information content (AvgIpc) is 2.89. The van der Waals surface area contributed by atoms with Crippen molar-refractivity contribution >= 4 is 0 Å². The van der Waals surface area contributed by atoms with Crippen LogP contribution in [0.25, 0.3) is 0 Å². The van der Waals surface area contributed by atoms with Gasteiger partial charge in [0.05, 0.1) is 0 Å². The predicted molar refractivity (Wildman–Crippen MR) is 171 cm³/mol. The van der Waals surface area contributed by atoms with E-state index in [1.165, 1.54) is 174 Å². The van der Waals surface area contributed by atoms with Gasteiger partial charge in [-0.3, -0.25) is 0 Å². The van der Waals surface area contributed by atoms with Crippen LogP contribution < -0.4 is 0 Å². The minimum atomic E-state index is 0.909. The smallest absolute Gasteiger partial charge is 0.000977 e. The zero-order valence-corrected chi connectivity index (χ0v) is 27.1. The fraction of sp³-hybridized carbons (Fsp3) is 1.00. The molecule has 0 rings (SSSR count). The van der Waals surface area contributed by atoms with E-state index in [2.05, 4.69) is 51.6 Å². The highest BCUT2D eigenvalue weighted by Gasteiger charge is 2.17. The van der Waals surface area contributed by atoms with Crippen molar-refractivity contribution < 1.29 is 0 Å². The highest BCUT2D eigenvalue weighted by Crippen LogP contribution is 2.23. The van der Waals surface area contributed by atoms with E-state index in [4.69, 9.17) is 0 Å². The zero-order valence-electron chi connectivity index (χ0n) is 27.1. The van der Waals surface area contributed by atoms with E-state index in [1.807, 2.05) is 0 Å². The molecule has 0 aliphatic heterocycles. The fourth-order valence-corrected chi connectivity index (χ4v) is 5.95. The van der Waals surface area contributed by atoms with Crippen LogP contribution in [0.5, 0.6) is 0 Å². The summed E-state index contributed by atoms with van der Waals surface area (Å²) in [6.45, 7) is 14.8. The first-order valence-electron chi connectivity index (χ1n) is 17.4. The van der Waals surface area contributed by atoms with E-state index >= 15 is 0 Å². The Labute approximate surface area is 237 Å². The van der Waals surface area contributed by atoms with Gasteiger partial charge in [0.25, 0.3) is 0 Å². The Kier molecular flexibility index (Phi) is 28.9. The third kappa shape index (κ3) is 25.9. The van der Waals surface area contributed by atoms with Crippen molar-refractivity contribution in [2.45, 2.75) is 175 Å². The maximum Gasteiger partial charge on any atom is 0.000977 e. The summed E-state index contributed by atoms with van der Waals surface area (Å²) in [6, 6.07) is 0. The molecule has 37 heavy (non-hydrogen) atoms. The van der Waals surface area contributed by atoms with Crippen molar-refractivity contribution in [1.29, 1.82) is 0 Å². The van der Waals surface area contributed by atoms with Crippen molar-refractivity contribution in [3.63, 3.8) is 0 Å². The Balaban J connectivity index is 4.70. The maximum absolute atomic E-state index is 2.95. The van der Waals surface area contributed by atoms with Gasteiger partial charge in [-0.25, -0.2) is 0 Å². The summed E-state index contributed by atoms with van der Waals surface area (Å²) in [4.78, 5) is 5.27. The van der Waals surface area contributed by atoms with Gasteiger partial charge in [0.2, 0.25) is 0 Å². The Morgan fingerprint density at radius 2 is 0.811 bits per heavy atom. The van der Waals surface area contributed by atoms with E-state index in [0.717, 1.165) is 11.8 Å². The Morgan fingerprint density at radius 3 is 1.32 bits per heavy atom. The first kappa shape index (κ1) is 36.9. The van der Waals surface area contributed by atoms with Gasteiger partial charge in [0.1, 0.15) is 0 Å². The molecule has 0 bridgehead atoms. The molecule has 0 spiro atoms. The molecule has 0 aromatic rings. The second-order valence-electron chi connectivity index (χ2n) is 12.7. The summed E-state index contributed by atoms with van der Waals surface area (Å²) < 4.78 is 0. The molecule has 2 unspecified atom stereocenters.